The number of halogens is 2. The van der Waals surface area contributed by atoms with Crippen molar-refractivity contribution in [2.45, 2.75) is 13.5 Å². The molecule has 3 aromatic rings. The van der Waals surface area contributed by atoms with E-state index in [0.717, 1.165) is 0 Å². The normalized spacial score (nSPS) is 10.8. The number of aryl methyl sites for hydroxylation is 1. The van der Waals surface area contributed by atoms with Crippen LogP contribution >= 0.6 is 35.4 Å². The lowest BCUT2D eigenvalue weighted by molar-refractivity contribution is -0.116. The number of anilines is 1. The Kier molecular flexibility index (Phi) is 4.75. The molecule has 0 saturated heterocycles. The molecule has 1 N–H and O–H groups in total. The molecule has 2 heterocycles. The predicted molar refractivity (Wildman–Crippen MR) is 96.1 cm³/mol. The molecule has 2 aromatic heterocycles. The van der Waals surface area contributed by atoms with Crippen LogP contribution in [0.2, 0.25) is 10.0 Å². The molecule has 1 aromatic carbocycles. The third-order valence-corrected chi connectivity index (χ3v) is 4.52. The largest absolute Gasteiger partial charge is 0.323 e. The molecule has 9 heteroatoms. The fraction of sp³-hybridized carbons (Fsp3) is 0.133. The van der Waals surface area contributed by atoms with Crippen molar-refractivity contribution in [1.82, 2.24) is 19.1 Å². The molecule has 24 heavy (non-hydrogen) atoms. The molecular formula is C15H13Cl2N5OS. The minimum absolute atomic E-state index is 0.0310. The maximum Gasteiger partial charge on any atom is 0.246 e. The first-order chi connectivity index (χ1) is 11.5. The Bertz CT molecular complexity index is 945. The lowest BCUT2D eigenvalue weighted by Crippen LogP contribution is -2.20. The van der Waals surface area contributed by atoms with E-state index < -0.39 is 0 Å². The number of benzene rings is 1. The van der Waals surface area contributed by atoms with Gasteiger partial charge in [0.2, 0.25) is 10.7 Å². The van der Waals surface area contributed by atoms with Gasteiger partial charge in [-0.1, -0.05) is 29.3 Å². The molecule has 6 nitrogen and oxygen atoms in total. The summed E-state index contributed by atoms with van der Waals surface area (Å²) in [5.41, 5.74) is 0.447. The van der Waals surface area contributed by atoms with Crippen LogP contribution in [0.1, 0.15) is 5.82 Å². The minimum Gasteiger partial charge on any atom is -0.323 e. The number of nitrogens with zero attached hydrogens (tertiary/aromatic N) is 4. The average Bonchev–Trinajstić information content (AvgIpc) is 3.13. The van der Waals surface area contributed by atoms with Crippen LogP contribution in [0.25, 0.3) is 0 Å². The van der Waals surface area contributed by atoms with Gasteiger partial charge in [0.25, 0.3) is 0 Å². The van der Waals surface area contributed by atoms with Gasteiger partial charge >= 0.3 is 0 Å². The van der Waals surface area contributed by atoms with E-state index in [1.165, 1.54) is 4.68 Å². The molecule has 0 atom stereocenters. The molecule has 0 unspecified atom stereocenters. The Labute approximate surface area is 153 Å². The van der Waals surface area contributed by atoms with Crippen molar-refractivity contribution in [2.75, 3.05) is 5.32 Å². The van der Waals surface area contributed by atoms with Gasteiger partial charge in [-0.15, -0.1) is 0 Å². The number of nitrogens with one attached hydrogen (secondary N) is 1. The monoisotopic (exact) mass is 381 g/mol. The number of carbonyl (C=O) groups is 1. The van der Waals surface area contributed by atoms with Gasteiger partial charge in [-0.2, -0.15) is 5.10 Å². The van der Waals surface area contributed by atoms with E-state index in [1.54, 1.807) is 27.6 Å². The van der Waals surface area contributed by atoms with Gasteiger partial charge in [-0.05, 0) is 43.4 Å². The van der Waals surface area contributed by atoms with Crippen LogP contribution < -0.4 is 5.32 Å². The van der Waals surface area contributed by atoms with Crippen LogP contribution in [-0.4, -0.2) is 25.0 Å². The summed E-state index contributed by atoms with van der Waals surface area (Å²) in [5.74, 6) is 0.372. The van der Waals surface area contributed by atoms with Crippen molar-refractivity contribution in [2.24, 2.45) is 0 Å². The molecule has 0 aliphatic heterocycles. The highest BCUT2D eigenvalue weighted by molar-refractivity contribution is 7.71. The van der Waals surface area contributed by atoms with Crippen LogP contribution in [0.15, 0.2) is 42.7 Å². The van der Waals surface area contributed by atoms with E-state index in [-0.39, 0.29) is 12.5 Å². The fourth-order valence-electron chi connectivity index (χ4n) is 2.26. The van der Waals surface area contributed by atoms with Gasteiger partial charge in [0.15, 0.2) is 0 Å². The highest BCUT2D eigenvalue weighted by Gasteiger charge is 2.13. The molecule has 124 valence electrons. The maximum atomic E-state index is 12.3. The van der Waals surface area contributed by atoms with Crippen LogP contribution in [0.3, 0.4) is 0 Å². The zero-order valence-electron chi connectivity index (χ0n) is 12.6. The standard InChI is InChI=1S/C15H13Cl2N5OS/c1-10-19-21(15(24)22(10)20-7-2-3-8-20)9-13(23)18-12-6-4-5-11(16)14(12)17/h2-8H,9H2,1H3,(H,18,23). The van der Waals surface area contributed by atoms with E-state index in [9.17, 15) is 4.79 Å². The van der Waals surface area contributed by atoms with Crippen molar-refractivity contribution in [3.8, 4) is 0 Å². The van der Waals surface area contributed by atoms with Gasteiger partial charge in [-0.25, -0.2) is 9.36 Å². The second kappa shape index (κ2) is 6.80. The zero-order chi connectivity index (χ0) is 17.3. The van der Waals surface area contributed by atoms with Gasteiger partial charge in [-0.3, -0.25) is 9.47 Å². The number of amides is 1. The average molecular weight is 382 g/mol. The summed E-state index contributed by atoms with van der Waals surface area (Å²) >= 11 is 17.4. The van der Waals surface area contributed by atoms with Gasteiger partial charge in [0.1, 0.15) is 12.4 Å². The van der Waals surface area contributed by atoms with E-state index in [0.29, 0.717) is 26.3 Å². The van der Waals surface area contributed by atoms with Crippen LogP contribution in [0.4, 0.5) is 5.69 Å². The summed E-state index contributed by atoms with van der Waals surface area (Å²) in [7, 11) is 0. The Balaban J connectivity index is 1.82. The zero-order valence-corrected chi connectivity index (χ0v) is 14.9. The van der Waals surface area contributed by atoms with Crippen molar-refractivity contribution in [1.29, 1.82) is 0 Å². The third kappa shape index (κ3) is 3.24. The second-order valence-electron chi connectivity index (χ2n) is 5.01. The number of aromatic nitrogens is 4. The Morgan fingerprint density at radius 3 is 2.67 bits per heavy atom. The van der Waals surface area contributed by atoms with Crippen LogP contribution in [0, 0.1) is 11.7 Å². The van der Waals surface area contributed by atoms with E-state index in [4.69, 9.17) is 35.4 Å². The predicted octanol–water partition coefficient (Wildman–Crippen LogP) is 3.78. The van der Waals surface area contributed by atoms with Crippen LogP contribution in [0.5, 0.6) is 0 Å². The minimum atomic E-state index is -0.299. The van der Waals surface area contributed by atoms with Crippen molar-refractivity contribution in [3.05, 3.63) is 63.4 Å². The second-order valence-corrected chi connectivity index (χ2v) is 6.16. The number of carbonyl (C=O) groups excluding carboxylic acids is 1. The van der Waals surface area contributed by atoms with E-state index >= 15 is 0 Å². The Morgan fingerprint density at radius 1 is 1.25 bits per heavy atom. The molecule has 0 saturated carbocycles. The topological polar surface area (TPSA) is 56.8 Å². The van der Waals surface area contributed by atoms with Gasteiger partial charge in [0.05, 0.1) is 15.7 Å². The Hall–Kier alpha value is -2.09. The first-order valence-corrected chi connectivity index (χ1v) is 8.18. The smallest absolute Gasteiger partial charge is 0.246 e. The molecule has 0 bridgehead atoms. The van der Waals surface area contributed by atoms with Gasteiger partial charge < -0.3 is 5.32 Å². The summed E-state index contributed by atoms with van der Waals surface area (Å²) in [6, 6.07) is 8.80. The number of rotatable bonds is 4. The molecule has 0 spiro atoms. The summed E-state index contributed by atoms with van der Waals surface area (Å²) in [6.07, 6.45) is 3.70. The van der Waals surface area contributed by atoms with Gasteiger partial charge in [0, 0.05) is 12.4 Å². The fourth-order valence-corrected chi connectivity index (χ4v) is 2.94. The van der Waals surface area contributed by atoms with E-state index in [2.05, 4.69) is 10.4 Å². The molecule has 0 fully saturated rings. The summed E-state index contributed by atoms with van der Waals surface area (Å²) in [6.45, 7) is 1.79. The highest BCUT2D eigenvalue weighted by Crippen LogP contribution is 2.29. The molecule has 1 amide bonds. The first kappa shape index (κ1) is 16.8. The van der Waals surface area contributed by atoms with Crippen molar-refractivity contribution >= 4 is 47.0 Å². The highest BCUT2D eigenvalue weighted by atomic mass is 35.5. The summed E-state index contributed by atoms with van der Waals surface area (Å²) in [5, 5.41) is 7.70. The quantitative estimate of drug-likeness (QED) is 0.699. The molecule has 3 rings (SSSR count). The summed E-state index contributed by atoms with van der Waals surface area (Å²) < 4.78 is 5.40. The third-order valence-electron chi connectivity index (χ3n) is 3.31. The molecule has 0 aliphatic rings. The molecular weight excluding hydrogens is 369 g/mol. The lowest BCUT2D eigenvalue weighted by atomic mass is 10.3. The van der Waals surface area contributed by atoms with Crippen molar-refractivity contribution in [3.63, 3.8) is 0 Å². The molecule has 0 radical (unpaired) electrons. The van der Waals surface area contributed by atoms with Crippen molar-refractivity contribution < 1.29 is 4.79 Å². The Morgan fingerprint density at radius 2 is 1.96 bits per heavy atom. The van der Waals surface area contributed by atoms with Crippen LogP contribution in [-0.2, 0) is 11.3 Å². The summed E-state index contributed by atoms with van der Waals surface area (Å²) in [4.78, 5) is 12.3. The lowest BCUT2D eigenvalue weighted by Gasteiger charge is -2.08. The molecule has 0 aliphatic carbocycles. The maximum absolute atomic E-state index is 12.3. The van der Waals surface area contributed by atoms with E-state index in [1.807, 2.05) is 31.5 Å². The number of hydrogen-bond acceptors (Lipinski definition) is 3. The number of hydrogen-bond donors (Lipinski definition) is 1. The SMILES string of the molecule is Cc1nn(CC(=O)Nc2cccc(Cl)c2Cl)c(=S)n1-n1cccc1. The first-order valence-electron chi connectivity index (χ1n) is 7.01.